The van der Waals surface area contributed by atoms with Crippen molar-refractivity contribution in [2.24, 2.45) is 0 Å². The van der Waals surface area contributed by atoms with E-state index in [4.69, 9.17) is 14.9 Å². The number of ether oxygens (including phenoxy) is 1. The summed E-state index contributed by atoms with van der Waals surface area (Å²) in [5.41, 5.74) is 7.77. The van der Waals surface area contributed by atoms with Crippen molar-refractivity contribution in [3.63, 3.8) is 0 Å². The van der Waals surface area contributed by atoms with Crippen LogP contribution in [0.2, 0.25) is 0 Å². The zero-order valence-corrected chi connectivity index (χ0v) is 13.8. The molecule has 3 aromatic rings. The SMILES string of the molecule is COc1nc(-c2ccco2)nc(N)c1C(=O)NCc1ncccc1C. The van der Waals surface area contributed by atoms with Gasteiger partial charge in [0.2, 0.25) is 11.7 Å². The van der Waals surface area contributed by atoms with Crippen LogP contribution in [0.5, 0.6) is 5.88 Å². The molecule has 25 heavy (non-hydrogen) atoms. The van der Waals surface area contributed by atoms with Gasteiger partial charge in [0.1, 0.15) is 11.4 Å². The second-order valence-corrected chi connectivity index (χ2v) is 5.24. The standard InChI is InChI=1S/C17H17N5O3/c1-10-5-3-7-19-11(10)9-20-16(23)13-14(18)21-15(22-17(13)24-2)12-6-4-8-25-12/h3-8H,9H2,1-2H3,(H,20,23)(H2,18,21,22). The van der Waals surface area contributed by atoms with Crippen LogP contribution < -0.4 is 15.8 Å². The summed E-state index contributed by atoms with van der Waals surface area (Å²) in [6, 6.07) is 7.16. The molecule has 0 aliphatic rings. The van der Waals surface area contributed by atoms with E-state index in [9.17, 15) is 4.79 Å². The monoisotopic (exact) mass is 339 g/mol. The Hall–Kier alpha value is -3.42. The molecule has 3 aromatic heterocycles. The molecule has 0 atom stereocenters. The maximum Gasteiger partial charge on any atom is 0.260 e. The minimum atomic E-state index is -0.439. The Morgan fingerprint density at radius 3 is 2.84 bits per heavy atom. The van der Waals surface area contributed by atoms with Crippen molar-refractivity contribution in [1.29, 1.82) is 0 Å². The van der Waals surface area contributed by atoms with Crippen molar-refractivity contribution in [1.82, 2.24) is 20.3 Å². The van der Waals surface area contributed by atoms with E-state index in [-0.39, 0.29) is 29.6 Å². The lowest BCUT2D eigenvalue weighted by atomic mass is 10.2. The molecular formula is C17H17N5O3. The summed E-state index contributed by atoms with van der Waals surface area (Å²) in [7, 11) is 1.41. The highest BCUT2D eigenvalue weighted by atomic mass is 16.5. The molecule has 8 nitrogen and oxygen atoms in total. The van der Waals surface area contributed by atoms with Gasteiger partial charge in [0.25, 0.3) is 5.91 Å². The minimum Gasteiger partial charge on any atom is -0.480 e. The Morgan fingerprint density at radius 1 is 1.32 bits per heavy atom. The number of hydrogen-bond donors (Lipinski definition) is 2. The van der Waals surface area contributed by atoms with Gasteiger partial charge in [-0.1, -0.05) is 6.07 Å². The lowest BCUT2D eigenvalue weighted by molar-refractivity contribution is 0.0947. The van der Waals surface area contributed by atoms with Crippen LogP contribution in [0.15, 0.2) is 41.1 Å². The van der Waals surface area contributed by atoms with Crippen LogP contribution >= 0.6 is 0 Å². The van der Waals surface area contributed by atoms with Gasteiger partial charge in [-0.2, -0.15) is 4.98 Å². The van der Waals surface area contributed by atoms with Crippen LogP contribution in [0.1, 0.15) is 21.6 Å². The molecule has 0 spiro atoms. The van der Waals surface area contributed by atoms with Crippen LogP contribution in [-0.4, -0.2) is 28.0 Å². The van der Waals surface area contributed by atoms with Gasteiger partial charge < -0.3 is 20.2 Å². The molecule has 0 fully saturated rings. The number of methoxy groups -OCH3 is 1. The third-order valence-corrected chi connectivity index (χ3v) is 3.60. The Bertz CT molecular complexity index is 893. The maximum absolute atomic E-state index is 12.5. The first-order valence-corrected chi connectivity index (χ1v) is 7.54. The van der Waals surface area contributed by atoms with E-state index in [0.29, 0.717) is 5.76 Å². The van der Waals surface area contributed by atoms with Crippen molar-refractivity contribution in [2.75, 3.05) is 12.8 Å². The van der Waals surface area contributed by atoms with Crippen molar-refractivity contribution < 1.29 is 13.9 Å². The smallest absolute Gasteiger partial charge is 0.260 e. The first-order chi connectivity index (χ1) is 12.1. The average Bonchev–Trinajstić information content (AvgIpc) is 3.14. The Labute approximate surface area is 144 Å². The number of carbonyl (C=O) groups excluding carboxylic acids is 1. The number of nitrogens with two attached hydrogens (primary N) is 1. The van der Waals surface area contributed by atoms with Gasteiger partial charge in [-0.05, 0) is 30.7 Å². The highest BCUT2D eigenvalue weighted by Crippen LogP contribution is 2.25. The molecule has 8 heteroatoms. The summed E-state index contributed by atoms with van der Waals surface area (Å²) in [6.45, 7) is 2.18. The zero-order chi connectivity index (χ0) is 17.8. The zero-order valence-electron chi connectivity index (χ0n) is 13.8. The average molecular weight is 339 g/mol. The van der Waals surface area contributed by atoms with Crippen LogP contribution in [-0.2, 0) is 6.54 Å². The number of aryl methyl sites for hydroxylation is 1. The molecule has 0 aliphatic heterocycles. The van der Waals surface area contributed by atoms with E-state index in [1.807, 2.05) is 19.1 Å². The van der Waals surface area contributed by atoms with E-state index >= 15 is 0 Å². The summed E-state index contributed by atoms with van der Waals surface area (Å²) in [6.07, 6.45) is 3.17. The summed E-state index contributed by atoms with van der Waals surface area (Å²) < 4.78 is 10.5. The van der Waals surface area contributed by atoms with Gasteiger partial charge in [0.15, 0.2) is 5.76 Å². The third-order valence-electron chi connectivity index (χ3n) is 3.60. The summed E-state index contributed by atoms with van der Waals surface area (Å²) in [5.74, 6) is 0.325. The number of furan rings is 1. The summed E-state index contributed by atoms with van der Waals surface area (Å²) in [4.78, 5) is 25.1. The number of amides is 1. The minimum absolute atomic E-state index is 0.00786. The normalized spacial score (nSPS) is 10.5. The Morgan fingerprint density at radius 2 is 2.16 bits per heavy atom. The Kier molecular flexibility index (Phi) is 4.60. The van der Waals surface area contributed by atoms with E-state index in [1.165, 1.54) is 13.4 Å². The fraction of sp³-hybridized carbons (Fsp3) is 0.176. The topological polar surface area (TPSA) is 116 Å². The van der Waals surface area contributed by atoms with Crippen molar-refractivity contribution in [3.8, 4) is 17.5 Å². The van der Waals surface area contributed by atoms with E-state index < -0.39 is 5.91 Å². The Balaban J connectivity index is 1.86. The van der Waals surface area contributed by atoms with Crippen molar-refractivity contribution in [2.45, 2.75) is 13.5 Å². The lowest BCUT2D eigenvalue weighted by Crippen LogP contribution is -2.26. The number of pyridine rings is 1. The van der Waals surface area contributed by atoms with Crippen LogP contribution in [0, 0.1) is 6.92 Å². The largest absolute Gasteiger partial charge is 0.480 e. The quantitative estimate of drug-likeness (QED) is 0.730. The van der Waals surface area contributed by atoms with Gasteiger partial charge in [-0.15, -0.1) is 0 Å². The molecule has 0 saturated carbocycles. The lowest BCUT2D eigenvalue weighted by Gasteiger charge is -2.12. The first kappa shape index (κ1) is 16.4. The highest BCUT2D eigenvalue weighted by molar-refractivity contribution is 6.00. The third kappa shape index (κ3) is 3.42. The number of carbonyl (C=O) groups is 1. The molecule has 0 radical (unpaired) electrons. The van der Waals surface area contributed by atoms with Crippen molar-refractivity contribution >= 4 is 11.7 Å². The molecule has 1 amide bonds. The molecule has 3 heterocycles. The van der Waals surface area contributed by atoms with Crippen molar-refractivity contribution in [3.05, 3.63) is 53.5 Å². The van der Waals surface area contributed by atoms with E-state index in [1.54, 1.807) is 18.3 Å². The number of nitrogens with zero attached hydrogens (tertiary/aromatic N) is 3. The van der Waals surface area contributed by atoms with Gasteiger partial charge >= 0.3 is 0 Å². The second-order valence-electron chi connectivity index (χ2n) is 5.24. The highest BCUT2D eigenvalue weighted by Gasteiger charge is 2.21. The van der Waals surface area contributed by atoms with Crippen LogP contribution in [0.4, 0.5) is 5.82 Å². The summed E-state index contributed by atoms with van der Waals surface area (Å²) >= 11 is 0. The van der Waals surface area contributed by atoms with Gasteiger partial charge in [0.05, 0.1) is 25.6 Å². The van der Waals surface area contributed by atoms with Crippen LogP contribution in [0.3, 0.4) is 0 Å². The predicted molar refractivity (Wildman–Crippen MR) is 90.8 cm³/mol. The van der Waals surface area contributed by atoms with Gasteiger partial charge in [0, 0.05) is 6.20 Å². The second kappa shape index (κ2) is 7.00. The molecule has 128 valence electrons. The van der Waals surface area contributed by atoms with Gasteiger partial charge in [-0.3, -0.25) is 9.78 Å². The van der Waals surface area contributed by atoms with Gasteiger partial charge in [-0.25, -0.2) is 4.98 Å². The molecule has 0 unspecified atom stereocenters. The predicted octanol–water partition coefficient (Wildman–Crippen LogP) is 1.96. The number of aromatic nitrogens is 3. The maximum atomic E-state index is 12.5. The molecule has 0 saturated heterocycles. The fourth-order valence-electron chi connectivity index (χ4n) is 2.29. The van der Waals surface area contributed by atoms with Crippen LogP contribution in [0.25, 0.3) is 11.6 Å². The molecule has 0 bridgehead atoms. The van der Waals surface area contributed by atoms with E-state index in [2.05, 4.69) is 20.3 Å². The number of rotatable bonds is 5. The molecule has 3 N–H and O–H groups in total. The first-order valence-electron chi connectivity index (χ1n) is 7.54. The van der Waals surface area contributed by atoms with E-state index in [0.717, 1.165) is 11.3 Å². The summed E-state index contributed by atoms with van der Waals surface area (Å²) in [5, 5.41) is 2.76. The molecular weight excluding hydrogens is 322 g/mol. The number of anilines is 1. The number of nitrogens with one attached hydrogen (secondary N) is 1. The number of nitrogen functional groups attached to an aromatic ring is 1. The molecule has 0 aliphatic carbocycles. The fourth-order valence-corrected chi connectivity index (χ4v) is 2.29. The molecule has 3 rings (SSSR count). The molecule has 0 aromatic carbocycles. The number of hydrogen-bond acceptors (Lipinski definition) is 7.